The third-order valence-electron chi connectivity index (χ3n) is 1.53. The molecule has 1 aromatic rings. The summed E-state index contributed by atoms with van der Waals surface area (Å²) in [6, 6.07) is 5.64. The van der Waals surface area contributed by atoms with Gasteiger partial charge in [0.2, 0.25) is 0 Å². The quantitative estimate of drug-likeness (QED) is 0.701. The summed E-state index contributed by atoms with van der Waals surface area (Å²) in [7, 11) is 0. The molecule has 0 unspecified atom stereocenters. The first-order chi connectivity index (χ1) is 5.24. The third-order valence-corrected chi connectivity index (χ3v) is 2.12. The van der Waals surface area contributed by atoms with Crippen LogP contribution in [0.1, 0.15) is 18.9 Å². The van der Waals surface area contributed by atoms with Gasteiger partial charge in [0.1, 0.15) is 0 Å². The summed E-state index contributed by atoms with van der Waals surface area (Å²) < 4.78 is 0. The number of aryl methyl sites for hydroxylation is 1. The Balaban J connectivity index is 0.00000121. The molecule has 0 spiro atoms. The Morgan fingerprint density at radius 3 is 2.42 bits per heavy atom. The van der Waals surface area contributed by atoms with Crippen molar-refractivity contribution >= 4 is 35.6 Å². The van der Waals surface area contributed by atoms with Gasteiger partial charge in [0.25, 0.3) is 0 Å². The van der Waals surface area contributed by atoms with E-state index in [-0.39, 0.29) is 12.4 Å². The van der Waals surface area contributed by atoms with Crippen molar-refractivity contribution in [1.82, 2.24) is 0 Å². The molecule has 1 rings (SSSR count). The highest BCUT2D eigenvalue weighted by Crippen LogP contribution is 2.21. The predicted octanol–water partition coefficient (Wildman–Crippen LogP) is 4.37. The van der Waals surface area contributed by atoms with Crippen molar-refractivity contribution in [3.63, 3.8) is 0 Å². The Hall–Kier alpha value is 0.0900. The number of hydrogen-bond acceptors (Lipinski definition) is 0. The summed E-state index contributed by atoms with van der Waals surface area (Å²) >= 11 is 11.7. The van der Waals surface area contributed by atoms with Gasteiger partial charge in [-0.3, -0.25) is 0 Å². The van der Waals surface area contributed by atoms with Gasteiger partial charge in [0, 0.05) is 10.0 Å². The lowest BCUT2D eigenvalue weighted by Gasteiger charge is -2.01. The summed E-state index contributed by atoms with van der Waals surface area (Å²) in [6.45, 7) is 2.13. The molecule has 0 amide bonds. The van der Waals surface area contributed by atoms with Crippen molar-refractivity contribution in [2.24, 2.45) is 0 Å². The molecule has 0 fully saturated rings. The van der Waals surface area contributed by atoms with Gasteiger partial charge in [-0.15, -0.1) is 12.4 Å². The van der Waals surface area contributed by atoms with Gasteiger partial charge in [0.05, 0.1) is 0 Å². The normalized spacial score (nSPS) is 9.25. The van der Waals surface area contributed by atoms with E-state index in [1.54, 1.807) is 6.07 Å². The van der Waals surface area contributed by atoms with E-state index in [1.165, 1.54) is 5.56 Å². The average molecular weight is 226 g/mol. The van der Waals surface area contributed by atoms with Gasteiger partial charge in [-0.2, -0.15) is 0 Å². The van der Waals surface area contributed by atoms with E-state index in [9.17, 15) is 0 Å². The lowest BCUT2D eigenvalue weighted by atomic mass is 10.1. The van der Waals surface area contributed by atoms with Gasteiger partial charge in [0.15, 0.2) is 0 Å². The van der Waals surface area contributed by atoms with Crippen molar-refractivity contribution in [2.45, 2.75) is 19.8 Å². The lowest BCUT2D eigenvalue weighted by molar-refractivity contribution is 0.922. The smallest absolute Gasteiger partial charge is 0.0452 e. The Bertz CT molecular complexity index is 246. The van der Waals surface area contributed by atoms with Crippen LogP contribution in [0.25, 0.3) is 0 Å². The summed E-state index contributed by atoms with van der Waals surface area (Å²) in [5.41, 5.74) is 1.18. The molecule has 0 saturated carbocycles. The van der Waals surface area contributed by atoms with E-state index in [4.69, 9.17) is 23.2 Å². The maximum Gasteiger partial charge on any atom is 0.0452 e. The van der Waals surface area contributed by atoms with Crippen molar-refractivity contribution in [1.29, 1.82) is 0 Å². The fourth-order valence-corrected chi connectivity index (χ4v) is 1.50. The first kappa shape index (κ1) is 12.1. The molecule has 0 nitrogen and oxygen atoms in total. The van der Waals surface area contributed by atoms with Crippen LogP contribution in [-0.2, 0) is 6.42 Å². The molecule has 0 aliphatic heterocycles. The summed E-state index contributed by atoms with van der Waals surface area (Å²) in [5.74, 6) is 0. The molecule has 12 heavy (non-hydrogen) atoms. The summed E-state index contributed by atoms with van der Waals surface area (Å²) in [5, 5.41) is 1.48. The van der Waals surface area contributed by atoms with Gasteiger partial charge in [-0.05, 0) is 24.1 Å². The van der Waals surface area contributed by atoms with Crippen LogP contribution in [0.3, 0.4) is 0 Å². The van der Waals surface area contributed by atoms with Crippen LogP contribution >= 0.6 is 35.6 Å². The molecule has 0 aromatic heterocycles. The molecule has 0 radical (unpaired) electrons. The number of halogens is 3. The molecule has 0 atom stereocenters. The van der Waals surface area contributed by atoms with Crippen LogP contribution in [0.5, 0.6) is 0 Å². The SMILES string of the molecule is CCCc1ccc(Cl)cc1Cl.Cl. The minimum Gasteiger partial charge on any atom is -0.147 e. The molecule has 0 bridgehead atoms. The van der Waals surface area contributed by atoms with E-state index in [0.717, 1.165) is 17.9 Å². The molecular weight excluding hydrogens is 214 g/mol. The van der Waals surface area contributed by atoms with Crippen LogP contribution in [0.4, 0.5) is 0 Å². The van der Waals surface area contributed by atoms with E-state index in [2.05, 4.69) is 6.92 Å². The van der Waals surface area contributed by atoms with Crippen molar-refractivity contribution in [3.05, 3.63) is 33.8 Å². The van der Waals surface area contributed by atoms with E-state index < -0.39 is 0 Å². The number of hydrogen-bond donors (Lipinski definition) is 0. The summed E-state index contributed by atoms with van der Waals surface area (Å²) in [6.07, 6.45) is 2.14. The molecule has 1 aromatic carbocycles. The monoisotopic (exact) mass is 224 g/mol. The molecule has 0 saturated heterocycles. The Kier molecular flexibility index (Phi) is 5.73. The number of rotatable bonds is 2. The average Bonchev–Trinajstić information content (AvgIpc) is 1.95. The molecule has 0 heterocycles. The van der Waals surface area contributed by atoms with Crippen LogP contribution in [-0.4, -0.2) is 0 Å². The first-order valence-electron chi connectivity index (χ1n) is 3.68. The molecule has 0 aliphatic rings. The fourth-order valence-electron chi connectivity index (χ4n) is 0.994. The van der Waals surface area contributed by atoms with Crippen LogP contribution < -0.4 is 0 Å². The van der Waals surface area contributed by atoms with Crippen molar-refractivity contribution in [2.75, 3.05) is 0 Å². The molecular formula is C9H11Cl3. The van der Waals surface area contributed by atoms with E-state index >= 15 is 0 Å². The first-order valence-corrected chi connectivity index (χ1v) is 4.43. The molecule has 0 aliphatic carbocycles. The van der Waals surface area contributed by atoms with Crippen LogP contribution in [0.2, 0.25) is 10.0 Å². The molecule has 3 heteroatoms. The third kappa shape index (κ3) is 3.22. The molecule has 68 valence electrons. The minimum atomic E-state index is 0. The highest BCUT2D eigenvalue weighted by molar-refractivity contribution is 6.35. The standard InChI is InChI=1S/C9H10Cl2.ClH/c1-2-3-7-4-5-8(10)6-9(7)11;/h4-6H,2-3H2,1H3;1H. The largest absolute Gasteiger partial charge is 0.147 e. The fraction of sp³-hybridized carbons (Fsp3) is 0.333. The topological polar surface area (TPSA) is 0 Å². The zero-order chi connectivity index (χ0) is 8.27. The van der Waals surface area contributed by atoms with Gasteiger partial charge in [-0.1, -0.05) is 42.6 Å². The second-order valence-corrected chi connectivity index (χ2v) is 3.33. The Morgan fingerprint density at radius 2 is 1.92 bits per heavy atom. The van der Waals surface area contributed by atoms with E-state index in [0.29, 0.717) is 5.02 Å². The zero-order valence-electron chi connectivity index (χ0n) is 6.81. The zero-order valence-corrected chi connectivity index (χ0v) is 9.14. The lowest BCUT2D eigenvalue weighted by Crippen LogP contribution is -1.83. The number of benzene rings is 1. The van der Waals surface area contributed by atoms with Gasteiger partial charge >= 0.3 is 0 Å². The maximum absolute atomic E-state index is 5.92. The second-order valence-electron chi connectivity index (χ2n) is 2.49. The van der Waals surface area contributed by atoms with Crippen LogP contribution in [0.15, 0.2) is 18.2 Å². The highest BCUT2D eigenvalue weighted by Gasteiger charge is 1.98. The Morgan fingerprint density at radius 1 is 1.25 bits per heavy atom. The maximum atomic E-state index is 5.92. The van der Waals surface area contributed by atoms with Crippen molar-refractivity contribution in [3.8, 4) is 0 Å². The predicted molar refractivity (Wildman–Crippen MR) is 57.7 cm³/mol. The molecule has 0 N–H and O–H groups in total. The highest BCUT2D eigenvalue weighted by atomic mass is 35.5. The second kappa shape index (κ2) is 5.69. The van der Waals surface area contributed by atoms with Gasteiger partial charge < -0.3 is 0 Å². The Labute approximate surface area is 89.3 Å². The van der Waals surface area contributed by atoms with Gasteiger partial charge in [-0.25, -0.2) is 0 Å². The minimum absolute atomic E-state index is 0. The van der Waals surface area contributed by atoms with Crippen LogP contribution in [0, 0.1) is 0 Å². The van der Waals surface area contributed by atoms with Crippen molar-refractivity contribution < 1.29 is 0 Å². The van der Waals surface area contributed by atoms with E-state index in [1.807, 2.05) is 12.1 Å². The summed E-state index contributed by atoms with van der Waals surface area (Å²) in [4.78, 5) is 0.